The Balaban J connectivity index is 1.79. The Morgan fingerprint density at radius 3 is 2.62 bits per heavy atom. The first-order chi connectivity index (χ1) is 12.3. The lowest BCUT2D eigenvalue weighted by atomic mass is 10.2. The quantitative estimate of drug-likeness (QED) is 0.660. The second-order valence-electron chi connectivity index (χ2n) is 5.07. The Morgan fingerprint density at radius 2 is 1.92 bits per heavy atom. The molecule has 2 amide bonds. The molecular weight excluding hydrogens is 417 g/mol. The Bertz CT molecular complexity index is 929. The molecule has 0 bridgehead atoms. The van der Waals surface area contributed by atoms with Crippen LogP contribution in [0.15, 0.2) is 53.3 Å². The summed E-state index contributed by atoms with van der Waals surface area (Å²) in [6.07, 6.45) is -3.15. The minimum absolute atomic E-state index is 0.0124. The fourth-order valence-corrected chi connectivity index (χ4v) is 2.48. The van der Waals surface area contributed by atoms with E-state index in [0.717, 1.165) is 16.6 Å². The van der Waals surface area contributed by atoms with Crippen LogP contribution in [0.1, 0.15) is 5.56 Å². The minimum atomic E-state index is -4.49. The monoisotopic (exact) mass is 426 g/mol. The van der Waals surface area contributed by atoms with Crippen molar-refractivity contribution in [3.8, 4) is 5.69 Å². The van der Waals surface area contributed by atoms with Crippen molar-refractivity contribution in [2.24, 2.45) is 0 Å². The number of tetrazole rings is 1. The first kappa shape index (κ1) is 17.9. The molecule has 11 heteroatoms. The number of carbonyl (C=O) groups excluding carboxylic acids is 1. The van der Waals surface area contributed by atoms with Crippen LogP contribution in [0.3, 0.4) is 0 Å². The number of hydrogen-bond donors (Lipinski definition) is 2. The van der Waals surface area contributed by atoms with Crippen molar-refractivity contribution in [1.82, 2.24) is 20.2 Å². The minimum Gasteiger partial charge on any atom is -0.308 e. The zero-order valence-corrected chi connectivity index (χ0v) is 14.4. The van der Waals surface area contributed by atoms with E-state index in [2.05, 4.69) is 42.1 Å². The van der Waals surface area contributed by atoms with Crippen LogP contribution in [-0.2, 0) is 6.18 Å². The van der Waals surface area contributed by atoms with Crippen LogP contribution in [0.5, 0.6) is 0 Å². The maximum Gasteiger partial charge on any atom is 0.416 e. The van der Waals surface area contributed by atoms with Gasteiger partial charge >= 0.3 is 12.2 Å². The number of halogens is 4. The number of benzene rings is 2. The zero-order valence-electron chi connectivity index (χ0n) is 12.8. The number of alkyl halides is 3. The van der Waals surface area contributed by atoms with Gasteiger partial charge in [0.1, 0.15) is 6.33 Å². The molecule has 3 aromatic rings. The van der Waals surface area contributed by atoms with E-state index in [-0.39, 0.29) is 5.69 Å². The zero-order chi connectivity index (χ0) is 18.7. The van der Waals surface area contributed by atoms with Crippen molar-refractivity contribution in [2.75, 3.05) is 10.6 Å². The van der Waals surface area contributed by atoms with Crippen LogP contribution in [0.4, 0.5) is 29.3 Å². The van der Waals surface area contributed by atoms with Gasteiger partial charge in [0, 0.05) is 10.2 Å². The number of hydrogen-bond acceptors (Lipinski definition) is 4. The van der Waals surface area contributed by atoms with Crippen LogP contribution in [0.25, 0.3) is 5.69 Å². The Labute approximate surface area is 153 Å². The Morgan fingerprint density at radius 1 is 1.12 bits per heavy atom. The van der Waals surface area contributed by atoms with Crippen molar-refractivity contribution in [3.05, 3.63) is 58.8 Å². The molecule has 2 aromatic carbocycles. The lowest BCUT2D eigenvalue weighted by molar-refractivity contribution is -0.137. The molecule has 3 rings (SSSR count). The van der Waals surface area contributed by atoms with Crippen LogP contribution >= 0.6 is 15.9 Å². The SMILES string of the molecule is O=C(Nc1cccc(C(F)(F)F)c1)Nc1ccc(Br)cc1-n1cnnn1. The molecule has 134 valence electrons. The Hall–Kier alpha value is -2.95. The normalized spacial score (nSPS) is 11.2. The summed E-state index contributed by atoms with van der Waals surface area (Å²) in [5, 5.41) is 15.8. The highest BCUT2D eigenvalue weighted by Crippen LogP contribution is 2.30. The van der Waals surface area contributed by atoms with Gasteiger partial charge in [-0.1, -0.05) is 22.0 Å². The summed E-state index contributed by atoms with van der Waals surface area (Å²) in [6.45, 7) is 0. The van der Waals surface area contributed by atoms with Gasteiger partial charge in [0.2, 0.25) is 0 Å². The highest BCUT2D eigenvalue weighted by Gasteiger charge is 2.30. The highest BCUT2D eigenvalue weighted by molar-refractivity contribution is 9.10. The fraction of sp³-hybridized carbons (Fsp3) is 0.0667. The lowest BCUT2D eigenvalue weighted by Crippen LogP contribution is -2.21. The van der Waals surface area contributed by atoms with E-state index >= 15 is 0 Å². The molecule has 0 aliphatic heterocycles. The third-order valence-corrected chi connectivity index (χ3v) is 3.74. The van der Waals surface area contributed by atoms with Gasteiger partial charge in [-0.25, -0.2) is 4.79 Å². The summed E-state index contributed by atoms with van der Waals surface area (Å²) in [5.74, 6) is 0. The van der Waals surface area contributed by atoms with Crippen molar-refractivity contribution >= 4 is 33.3 Å². The summed E-state index contributed by atoms with van der Waals surface area (Å²) in [7, 11) is 0. The number of urea groups is 1. The maximum absolute atomic E-state index is 12.7. The second kappa shape index (κ2) is 7.12. The predicted molar refractivity (Wildman–Crippen MR) is 90.9 cm³/mol. The van der Waals surface area contributed by atoms with Gasteiger partial charge in [-0.2, -0.15) is 17.9 Å². The lowest BCUT2D eigenvalue weighted by Gasteiger charge is -2.13. The number of anilines is 2. The van der Waals surface area contributed by atoms with Gasteiger partial charge in [-0.05, 0) is 46.8 Å². The molecule has 1 aromatic heterocycles. The van der Waals surface area contributed by atoms with Crippen LogP contribution in [0.2, 0.25) is 0 Å². The average Bonchev–Trinajstić information content (AvgIpc) is 3.10. The molecule has 7 nitrogen and oxygen atoms in total. The maximum atomic E-state index is 12.7. The largest absolute Gasteiger partial charge is 0.416 e. The molecule has 0 aliphatic carbocycles. The topological polar surface area (TPSA) is 84.7 Å². The average molecular weight is 427 g/mol. The van der Waals surface area contributed by atoms with Gasteiger partial charge in [0.05, 0.1) is 16.9 Å². The van der Waals surface area contributed by atoms with Crippen LogP contribution in [0, 0.1) is 0 Å². The third-order valence-electron chi connectivity index (χ3n) is 3.25. The molecule has 0 saturated heterocycles. The number of aromatic nitrogens is 4. The van der Waals surface area contributed by atoms with Crippen molar-refractivity contribution in [3.63, 3.8) is 0 Å². The molecular formula is C15H10BrF3N6O. The molecule has 26 heavy (non-hydrogen) atoms. The molecule has 1 heterocycles. The summed E-state index contributed by atoms with van der Waals surface area (Å²) in [6, 6.07) is 8.61. The molecule has 0 saturated carbocycles. The summed E-state index contributed by atoms with van der Waals surface area (Å²) in [4.78, 5) is 12.2. The predicted octanol–water partition coefficient (Wildman–Crippen LogP) is 4.09. The van der Waals surface area contributed by atoms with Gasteiger partial charge in [0.25, 0.3) is 0 Å². The smallest absolute Gasteiger partial charge is 0.308 e. The third kappa shape index (κ3) is 4.17. The van der Waals surface area contributed by atoms with Gasteiger partial charge in [0.15, 0.2) is 0 Å². The summed E-state index contributed by atoms with van der Waals surface area (Å²) in [5.41, 5.74) is 0.000253. The van der Waals surface area contributed by atoms with E-state index in [9.17, 15) is 18.0 Å². The van der Waals surface area contributed by atoms with Gasteiger partial charge < -0.3 is 10.6 Å². The van der Waals surface area contributed by atoms with E-state index in [1.165, 1.54) is 23.1 Å². The molecule has 0 atom stereocenters. The van der Waals surface area contributed by atoms with Gasteiger partial charge in [-0.3, -0.25) is 0 Å². The van der Waals surface area contributed by atoms with Gasteiger partial charge in [-0.15, -0.1) is 5.10 Å². The van der Waals surface area contributed by atoms with Crippen molar-refractivity contribution in [2.45, 2.75) is 6.18 Å². The molecule has 0 unspecified atom stereocenters. The van der Waals surface area contributed by atoms with Crippen molar-refractivity contribution < 1.29 is 18.0 Å². The molecule has 0 fully saturated rings. The molecule has 0 radical (unpaired) electrons. The first-order valence-electron chi connectivity index (χ1n) is 7.11. The van der Waals surface area contributed by atoms with Crippen LogP contribution in [-0.4, -0.2) is 26.2 Å². The van der Waals surface area contributed by atoms with E-state index < -0.39 is 17.8 Å². The Kier molecular flexibility index (Phi) is 4.89. The van der Waals surface area contributed by atoms with Crippen molar-refractivity contribution in [1.29, 1.82) is 0 Å². The van der Waals surface area contributed by atoms with E-state index in [4.69, 9.17) is 0 Å². The summed E-state index contributed by atoms with van der Waals surface area (Å²) >= 11 is 3.31. The number of nitrogens with one attached hydrogen (secondary N) is 2. The molecule has 2 N–H and O–H groups in total. The summed E-state index contributed by atoms with van der Waals surface area (Å²) < 4.78 is 40.3. The fourth-order valence-electron chi connectivity index (χ4n) is 2.13. The molecule has 0 aliphatic rings. The number of amides is 2. The van der Waals surface area contributed by atoms with E-state index in [1.54, 1.807) is 18.2 Å². The van der Waals surface area contributed by atoms with E-state index in [0.29, 0.717) is 11.4 Å². The second-order valence-corrected chi connectivity index (χ2v) is 5.99. The highest BCUT2D eigenvalue weighted by atomic mass is 79.9. The molecule has 0 spiro atoms. The number of rotatable bonds is 3. The number of nitrogens with zero attached hydrogens (tertiary/aromatic N) is 4. The number of carbonyl (C=O) groups is 1. The standard InChI is InChI=1S/C15H10BrF3N6O/c16-10-4-5-12(13(7-10)25-8-20-23-24-25)22-14(26)21-11-3-1-2-9(6-11)15(17,18)19/h1-8H,(H2,21,22,26). The first-order valence-corrected chi connectivity index (χ1v) is 7.90. The van der Waals surface area contributed by atoms with E-state index in [1.807, 2.05) is 0 Å². The van der Waals surface area contributed by atoms with Crippen LogP contribution < -0.4 is 10.6 Å².